The van der Waals surface area contributed by atoms with E-state index in [1.807, 2.05) is 0 Å². The van der Waals surface area contributed by atoms with E-state index in [2.05, 4.69) is 46.2 Å². The van der Waals surface area contributed by atoms with Crippen LogP contribution in [-0.4, -0.2) is 77.0 Å². The molecule has 0 radical (unpaired) electrons. The summed E-state index contributed by atoms with van der Waals surface area (Å²) in [5.74, 6) is -3.47. The Bertz CT molecular complexity index is 884. The van der Waals surface area contributed by atoms with Crippen molar-refractivity contribution < 1.29 is 24.3 Å². The largest absolute Gasteiger partial charge is 0.480 e. The third-order valence-corrected chi connectivity index (χ3v) is 5.56. The Hall–Kier alpha value is -2.97. The second-order valence-electron chi connectivity index (χ2n) is 7.63. The minimum atomic E-state index is -1.26. The highest BCUT2D eigenvalue weighted by Gasteiger charge is 2.29. The van der Waals surface area contributed by atoms with E-state index in [1.165, 1.54) is 0 Å². The summed E-state index contributed by atoms with van der Waals surface area (Å²) in [5, 5.41) is 16.7. The van der Waals surface area contributed by atoms with Gasteiger partial charge in [-0.05, 0) is 18.4 Å². The number of hydrogen-bond acceptors (Lipinski definition) is 8. The highest BCUT2D eigenvalue weighted by Crippen LogP contribution is 2.06. The van der Waals surface area contributed by atoms with Crippen molar-refractivity contribution in [3.63, 3.8) is 0 Å². The van der Waals surface area contributed by atoms with Gasteiger partial charge >= 0.3 is 5.97 Å². The zero-order chi connectivity index (χ0) is 26.4. The Balaban J connectivity index is 2.86. The SMILES string of the molecule is NC(N)=NCCCC(N)C(=O)NC(CS)C(=O)NC(Cc1ccccc1)C(=O)NC(CS)C(=O)O. The number of amides is 3. The van der Waals surface area contributed by atoms with Crippen LogP contribution in [0.2, 0.25) is 0 Å². The van der Waals surface area contributed by atoms with Gasteiger partial charge in [-0.2, -0.15) is 25.3 Å². The first-order chi connectivity index (χ1) is 16.6. The number of rotatable bonds is 15. The number of aliphatic imine (C=N–C) groups is 1. The fourth-order valence-corrected chi connectivity index (χ4v) is 3.42. The minimum absolute atomic E-state index is 0.0621. The lowest BCUT2D eigenvalue weighted by molar-refractivity contribution is -0.141. The van der Waals surface area contributed by atoms with E-state index in [4.69, 9.17) is 17.2 Å². The van der Waals surface area contributed by atoms with Crippen molar-refractivity contribution in [3.8, 4) is 0 Å². The molecule has 4 unspecified atom stereocenters. The normalized spacial score (nSPS) is 14.0. The maximum atomic E-state index is 12.9. The lowest BCUT2D eigenvalue weighted by Crippen LogP contribution is -2.58. The van der Waals surface area contributed by atoms with Crippen molar-refractivity contribution in [2.75, 3.05) is 18.1 Å². The predicted molar refractivity (Wildman–Crippen MR) is 139 cm³/mol. The van der Waals surface area contributed by atoms with Crippen molar-refractivity contribution >= 4 is 54.9 Å². The lowest BCUT2D eigenvalue weighted by atomic mass is 10.0. The summed E-state index contributed by atoms with van der Waals surface area (Å²) in [6.07, 6.45) is 0.831. The van der Waals surface area contributed by atoms with Crippen molar-refractivity contribution in [3.05, 3.63) is 35.9 Å². The molecular formula is C21H33N7O5S2. The van der Waals surface area contributed by atoms with Crippen LogP contribution in [0.25, 0.3) is 0 Å². The number of thiol groups is 2. The molecule has 1 rings (SSSR count). The summed E-state index contributed by atoms with van der Waals surface area (Å²) in [6.45, 7) is 0.305. The van der Waals surface area contributed by atoms with E-state index in [-0.39, 0.29) is 30.3 Å². The molecule has 4 atom stereocenters. The zero-order valence-electron chi connectivity index (χ0n) is 19.1. The molecule has 3 amide bonds. The maximum absolute atomic E-state index is 12.9. The summed E-state index contributed by atoms with van der Waals surface area (Å²) in [7, 11) is 0. The number of carbonyl (C=O) groups is 4. The Morgan fingerprint density at radius 3 is 1.97 bits per heavy atom. The van der Waals surface area contributed by atoms with E-state index in [0.29, 0.717) is 13.0 Å². The fraction of sp³-hybridized carbons (Fsp3) is 0.476. The molecule has 1 aromatic carbocycles. The van der Waals surface area contributed by atoms with E-state index >= 15 is 0 Å². The van der Waals surface area contributed by atoms with Crippen LogP contribution in [0.3, 0.4) is 0 Å². The molecule has 10 N–H and O–H groups in total. The molecule has 0 saturated heterocycles. The van der Waals surface area contributed by atoms with Gasteiger partial charge in [0.25, 0.3) is 0 Å². The van der Waals surface area contributed by atoms with Gasteiger partial charge in [0.2, 0.25) is 17.7 Å². The van der Waals surface area contributed by atoms with Gasteiger partial charge in [-0.25, -0.2) is 4.79 Å². The third kappa shape index (κ3) is 11.3. The molecule has 194 valence electrons. The van der Waals surface area contributed by atoms with Crippen LogP contribution >= 0.6 is 25.3 Å². The average Bonchev–Trinajstić information content (AvgIpc) is 2.82. The van der Waals surface area contributed by atoms with Crippen LogP contribution in [-0.2, 0) is 25.6 Å². The lowest BCUT2D eigenvalue weighted by Gasteiger charge is -2.24. The number of nitrogens with zero attached hydrogens (tertiary/aromatic N) is 1. The van der Waals surface area contributed by atoms with E-state index in [9.17, 15) is 24.3 Å². The van der Waals surface area contributed by atoms with E-state index in [1.54, 1.807) is 30.3 Å². The highest BCUT2D eigenvalue weighted by molar-refractivity contribution is 7.80. The Morgan fingerprint density at radius 2 is 1.43 bits per heavy atom. The quantitative estimate of drug-likeness (QED) is 0.0537. The Labute approximate surface area is 214 Å². The maximum Gasteiger partial charge on any atom is 0.327 e. The minimum Gasteiger partial charge on any atom is -0.480 e. The summed E-state index contributed by atoms with van der Waals surface area (Å²) in [5.41, 5.74) is 17.1. The second-order valence-corrected chi connectivity index (χ2v) is 8.36. The smallest absolute Gasteiger partial charge is 0.327 e. The predicted octanol–water partition coefficient (Wildman–Crippen LogP) is -1.99. The number of guanidine groups is 1. The molecule has 0 spiro atoms. The van der Waals surface area contributed by atoms with Gasteiger partial charge in [0.15, 0.2) is 5.96 Å². The molecule has 0 aliphatic rings. The molecule has 12 nitrogen and oxygen atoms in total. The molecule has 0 aliphatic carbocycles. The third-order valence-electron chi connectivity index (χ3n) is 4.83. The van der Waals surface area contributed by atoms with Crippen LogP contribution in [0.15, 0.2) is 35.3 Å². The highest BCUT2D eigenvalue weighted by atomic mass is 32.1. The fourth-order valence-electron chi connectivity index (χ4n) is 2.91. The first-order valence-corrected chi connectivity index (χ1v) is 12.1. The average molecular weight is 528 g/mol. The molecule has 14 heteroatoms. The summed E-state index contributed by atoms with van der Waals surface area (Å²) < 4.78 is 0. The number of aliphatic carboxylic acids is 1. The van der Waals surface area contributed by atoms with Gasteiger partial charge in [0.1, 0.15) is 18.1 Å². The van der Waals surface area contributed by atoms with Gasteiger partial charge in [-0.15, -0.1) is 0 Å². The van der Waals surface area contributed by atoms with Gasteiger partial charge < -0.3 is 38.3 Å². The molecule has 0 heterocycles. The standard InChI is InChI=1S/C21H33N7O5S2/c22-13(7-4-8-25-21(23)24)17(29)27-15(10-34)19(31)26-14(9-12-5-2-1-3-6-12)18(30)28-16(11-35)20(32)33/h1-3,5-6,13-16,34-35H,4,7-11,22H2,(H,26,31)(H,27,29)(H,28,30)(H,32,33)(H4,23,24,25). The second kappa shape index (κ2) is 15.8. The van der Waals surface area contributed by atoms with Crippen LogP contribution in [0.5, 0.6) is 0 Å². The zero-order valence-corrected chi connectivity index (χ0v) is 20.9. The number of carbonyl (C=O) groups excluding carboxylic acids is 3. The van der Waals surface area contributed by atoms with Gasteiger partial charge in [0.05, 0.1) is 6.04 Å². The van der Waals surface area contributed by atoms with Crippen LogP contribution < -0.4 is 33.2 Å². The number of carboxylic acids is 1. The summed E-state index contributed by atoms with van der Waals surface area (Å²) in [6, 6.07) is 4.52. The molecule has 0 aliphatic heterocycles. The number of nitrogens with two attached hydrogens (primary N) is 3. The Kier molecular flexibility index (Phi) is 13.6. The van der Waals surface area contributed by atoms with Crippen LogP contribution in [0.4, 0.5) is 0 Å². The van der Waals surface area contributed by atoms with E-state index in [0.717, 1.165) is 5.56 Å². The molecule has 0 saturated carbocycles. The molecule has 1 aromatic rings. The number of nitrogens with one attached hydrogen (secondary N) is 3. The van der Waals surface area contributed by atoms with Crippen molar-refractivity contribution in [2.45, 2.75) is 43.4 Å². The Morgan fingerprint density at radius 1 is 0.886 bits per heavy atom. The van der Waals surface area contributed by atoms with Crippen LogP contribution in [0, 0.1) is 0 Å². The topological polar surface area (TPSA) is 215 Å². The van der Waals surface area contributed by atoms with Gasteiger partial charge in [-0.1, -0.05) is 30.3 Å². The van der Waals surface area contributed by atoms with Gasteiger partial charge in [0, 0.05) is 24.5 Å². The number of benzene rings is 1. The monoisotopic (exact) mass is 527 g/mol. The summed E-state index contributed by atoms with van der Waals surface area (Å²) >= 11 is 8.07. The molecule has 35 heavy (non-hydrogen) atoms. The molecule has 0 bridgehead atoms. The number of carboxylic acid groups (broad SMARTS) is 1. The summed E-state index contributed by atoms with van der Waals surface area (Å²) in [4.78, 5) is 53.2. The van der Waals surface area contributed by atoms with Crippen LogP contribution in [0.1, 0.15) is 18.4 Å². The van der Waals surface area contributed by atoms with E-state index < -0.39 is 47.9 Å². The van der Waals surface area contributed by atoms with Gasteiger partial charge in [-0.3, -0.25) is 19.4 Å². The first-order valence-electron chi connectivity index (χ1n) is 10.8. The molecular weight excluding hydrogens is 494 g/mol. The first kappa shape index (κ1) is 30.1. The molecule has 0 aromatic heterocycles. The van der Waals surface area contributed by atoms with Crippen molar-refractivity contribution in [1.82, 2.24) is 16.0 Å². The molecule has 0 fully saturated rings. The number of hydrogen-bond donors (Lipinski definition) is 9. The van der Waals surface area contributed by atoms with Crippen molar-refractivity contribution in [1.29, 1.82) is 0 Å². The van der Waals surface area contributed by atoms with Crippen molar-refractivity contribution in [2.24, 2.45) is 22.2 Å².